The third kappa shape index (κ3) is 2.38. The Morgan fingerprint density at radius 1 is 1.28 bits per heavy atom. The average molecular weight is 244 g/mol. The molecule has 18 heavy (non-hydrogen) atoms. The Hall–Kier alpha value is -1.81. The zero-order chi connectivity index (χ0) is 13.1. The van der Waals surface area contributed by atoms with Crippen LogP contribution in [0, 0.1) is 0 Å². The van der Waals surface area contributed by atoms with Gasteiger partial charge in [-0.1, -0.05) is 13.3 Å². The Bertz CT molecular complexity index is 549. The second kappa shape index (κ2) is 5.23. The molecule has 0 atom stereocenters. The molecule has 0 saturated carbocycles. The van der Waals surface area contributed by atoms with Gasteiger partial charge in [0.15, 0.2) is 0 Å². The van der Waals surface area contributed by atoms with Gasteiger partial charge in [0.2, 0.25) is 0 Å². The highest BCUT2D eigenvalue weighted by atomic mass is 15.2. The van der Waals surface area contributed by atoms with Crippen LogP contribution >= 0.6 is 0 Å². The fourth-order valence-electron chi connectivity index (χ4n) is 2.05. The van der Waals surface area contributed by atoms with Gasteiger partial charge >= 0.3 is 0 Å². The number of hydrogen-bond donors (Lipinski definition) is 2. The van der Waals surface area contributed by atoms with Gasteiger partial charge in [-0.05, 0) is 30.7 Å². The molecular weight excluding hydrogens is 224 g/mol. The number of hydrogen-bond acceptors (Lipinski definition) is 4. The predicted molar refractivity (Wildman–Crippen MR) is 77.9 cm³/mol. The summed E-state index contributed by atoms with van der Waals surface area (Å²) in [7, 11) is 4.05. The van der Waals surface area contributed by atoms with Crippen molar-refractivity contribution in [2.75, 3.05) is 24.4 Å². The van der Waals surface area contributed by atoms with E-state index in [4.69, 9.17) is 5.84 Å². The maximum Gasteiger partial charge on any atom is 0.0728 e. The summed E-state index contributed by atoms with van der Waals surface area (Å²) in [4.78, 5) is 6.73. The molecule has 1 aromatic carbocycles. The molecule has 0 amide bonds. The number of rotatable bonds is 4. The smallest absolute Gasteiger partial charge is 0.0728 e. The molecule has 0 spiro atoms. The van der Waals surface area contributed by atoms with E-state index in [0.717, 1.165) is 40.8 Å². The lowest BCUT2D eigenvalue weighted by Gasteiger charge is -2.15. The predicted octanol–water partition coefficient (Wildman–Crippen LogP) is 2.54. The van der Waals surface area contributed by atoms with Crippen molar-refractivity contribution in [3.8, 4) is 0 Å². The SMILES string of the molecule is CCCc1cc(NN)c2cc(N(C)C)ccc2n1. The molecule has 1 aromatic heterocycles. The minimum Gasteiger partial charge on any atom is -0.378 e. The fraction of sp³-hybridized carbons (Fsp3) is 0.357. The highest BCUT2D eigenvalue weighted by Gasteiger charge is 2.06. The molecule has 1 heterocycles. The molecule has 3 N–H and O–H groups in total. The second-order valence-corrected chi connectivity index (χ2v) is 4.65. The van der Waals surface area contributed by atoms with Crippen molar-refractivity contribution in [1.29, 1.82) is 0 Å². The van der Waals surface area contributed by atoms with E-state index in [1.807, 2.05) is 26.2 Å². The normalized spacial score (nSPS) is 10.7. The summed E-state index contributed by atoms with van der Waals surface area (Å²) >= 11 is 0. The molecule has 2 aromatic rings. The van der Waals surface area contributed by atoms with Crippen LogP contribution < -0.4 is 16.2 Å². The standard InChI is InChI=1S/C14H20N4/c1-4-5-10-8-14(17-15)12-9-11(18(2)3)6-7-13(12)16-10/h6-9H,4-5,15H2,1-3H3,(H,16,17). The quantitative estimate of drug-likeness (QED) is 0.641. The first kappa shape index (κ1) is 12.6. The lowest BCUT2D eigenvalue weighted by Crippen LogP contribution is -2.10. The number of fused-ring (bicyclic) bond motifs is 1. The molecule has 96 valence electrons. The number of hydrazine groups is 1. The molecule has 2 rings (SSSR count). The van der Waals surface area contributed by atoms with Gasteiger partial charge in [0, 0.05) is 30.9 Å². The van der Waals surface area contributed by atoms with Crippen molar-refractivity contribution >= 4 is 22.3 Å². The van der Waals surface area contributed by atoms with Gasteiger partial charge in [-0.2, -0.15) is 0 Å². The lowest BCUT2D eigenvalue weighted by molar-refractivity contribution is 0.890. The highest BCUT2D eigenvalue weighted by molar-refractivity contribution is 5.93. The minimum atomic E-state index is 0.937. The minimum absolute atomic E-state index is 0.937. The molecule has 0 fully saturated rings. The van der Waals surface area contributed by atoms with Crippen LogP contribution in [-0.4, -0.2) is 19.1 Å². The lowest BCUT2D eigenvalue weighted by atomic mass is 10.1. The summed E-state index contributed by atoms with van der Waals surface area (Å²) < 4.78 is 0. The third-order valence-electron chi connectivity index (χ3n) is 3.02. The number of nitrogens with zero attached hydrogens (tertiary/aromatic N) is 2. The number of pyridine rings is 1. The van der Waals surface area contributed by atoms with Crippen molar-refractivity contribution in [3.05, 3.63) is 30.0 Å². The van der Waals surface area contributed by atoms with E-state index >= 15 is 0 Å². The van der Waals surface area contributed by atoms with Crippen LogP contribution in [-0.2, 0) is 6.42 Å². The van der Waals surface area contributed by atoms with Crippen molar-refractivity contribution in [1.82, 2.24) is 4.98 Å². The number of benzene rings is 1. The first-order valence-electron chi connectivity index (χ1n) is 6.23. The third-order valence-corrected chi connectivity index (χ3v) is 3.02. The van der Waals surface area contributed by atoms with E-state index in [0.29, 0.717) is 0 Å². The van der Waals surface area contributed by atoms with Gasteiger partial charge in [-0.3, -0.25) is 10.8 Å². The van der Waals surface area contributed by atoms with Gasteiger partial charge in [-0.15, -0.1) is 0 Å². The van der Waals surface area contributed by atoms with Crippen LogP contribution in [0.3, 0.4) is 0 Å². The van der Waals surface area contributed by atoms with Gasteiger partial charge in [-0.25, -0.2) is 0 Å². The summed E-state index contributed by atoms with van der Waals surface area (Å²) in [6, 6.07) is 8.26. The summed E-state index contributed by atoms with van der Waals surface area (Å²) in [6.07, 6.45) is 2.05. The summed E-state index contributed by atoms with van der Waals surface area (Å²) in [6.45, 7) is 2.15. The molecule has 4 heteroatoms. The molecule has 0 radical (unpaired) electrons. The Labute approximate surface area is 108 Å². The average Bonchev–Trinajstić information content (AvgIpc) is 2.37. The number of anilines is 2. The zero-order valence-corrected chi connectivity index (χ0v) is 11.2. The molecule has 0 aliphatic heterocycles. The van der Waals surface area contributed by atoms with Gasteiger partial charge in [0.25, 0.3) is 0 Å². The largest absolute Gasteiger partial charge is 0.378 e. The van der Waals surface area contributed by atoms with Crippen LogP contribution in [0.5, 0.6) is 0 Å². The summed E-state index contributed by atoms with van der Waals surface area (Å²) in [5.41, 5.74) is 6.92. The maximum atomic E-state index is 5.62. The van der Waals surface area contributed by atoms with E-state index in [2.05, 4.69) is 34.4 Å². The highest BCUT2D eigenvalue weighted by Crippen LogP contribution is 2.27. The molecular formula is C14H20N4. The molecule has 0 bridgehead atoms. The first-order valence-corrected chi connectivity index (χ1v) is 6.23. The Morgan fingerprint density at radius 2 is 2.06 bits per heavy atom. The van der Waals surface area contributed by atoms with Crippen LogP contribution in [0.1, 0.15) is 19.0 Å². The second-order valence-electron chi connectivity index (χ2n) is 4.65. The number of nitrogen functional groups attached to an aromatic ring is 1. The van der Waals surface area contributed by atoms with Crippen molar-refractivity contribution < 1.29 is 0 Å². The van der Waals surface area contributed by atoms with Crippen LogP contribution in [0.4, 0.5) is 11.4 Å². The van der Waals surface area contributed by atoms with Gasteiger partial charge in [0.1, 0.15) is 0 Å². The monoisotopic (exact) mass is 244 g/mol. The van der Waals surface area contributed by atoms with Crippen molar-refractivity contribution in [2.24, 2.45) is 5.84 Å². The van der Waals surface area contributed by atoms with Crippen LogP contribution in [0.15, 0.2) is 24.3 Å². The fourth-order valence-corrected chi connectivity index (χ4v) is 2.05. The van der Waals surface area contributed by atoms with E-state index in [-0.39, 0.29) is 0 Å². The van der Waals surface area contributed by atoms with Crippen molar-refractivity contribution in [3.63, 3.8) is 0 Å². The number of aryl methyl sites for hydroxylation is 1. The topological polar surface area (TPSA) is 54.2 Å². The number of nitrogens with two attached hydrogens (primary N) is 1. The summed E-state index contributed by atoms with van der Waals surface area (Å²) in [5, 5.41) is 1.06. The van der Waals surface area contributed by atoms with Crippen molar-refractivity contribution in [2.45, 2.75) is 19.8 Å². The van der Waals surface area contributed by atoms with E-state index in [9.17, 15) is 0 Å². The van der Waals surface area contributed by atoms with E-state index in [1.54, 1.807) is 0 Å². The molecule has 0 aliphatic carbocycles. The van der Waals surface area contributed by atoms with Gasteiger partial charge < -0.3 is 10.3 Å². The maximum absolute atomic E-state index is 5.62. The first-order chi connectivity index (χ1) is 8.65. The van der Waals surface area contributed by atoms with E-state index < -0.39 is 0 Å². The zero-order valence-electron chi connectivity index (χ0n) is 11.2. The Balaban J connectivity index is 2.59. The molecule has 4 nitrogen and oxygen atoms in total. The number of aromatic nitrogens is 1. The van der Waals surface area contributed by atoms with E-state index in [1.165, 1.54) is 0 Å². The Kier molecular flexibility index (Phi) is 3.67. The summed E-state index contributed by atoms with van der Waals surface area (Å²) in [5.74, 6) is 5.62. The molecule has 0 saturated heterocycles. The van der Waals surface area contributed by atoms with Crippen LogP contribution in [0.25, 0.3) is 10.9 Å². The molecule has 0 unspecified atom stereocenters. The number of nitrogens with one attached hydrogen (secondary N) is 1. The molecule has 0 aliphatic rings. The Morgan fingerprint density at radius 3 is 2.67 bits per heavy atom. The van der Waals surface area contributed by atoms with Crippen LogP contribution in [0.2, 0.25) is 0 Å². The van der Waals surface area contributed by atoms with Gasteiger partial charge in [0.05, 0.1) is 11.2 Å².